The molecule has 0 saturated carbocycles. The number of rotatable bonds is 5. The zero-order valence-corrected chi connectivity index (χ0v) is 14.7. The zero-order chi connectivity index (χ0) is 18.6. The molecule has 2 aromatic carbocycles. The molecule has 7 heteroatoms. The number of carbonyl (C=O) groups is 1. The summed E-state index contributed by atoms with van der Waals surface area (Å²) in [7, 11) is 0. The maximum atomic E-state index is 12.3. The fourth-order valence-electron chi connectivity index (χ4n) is 2.70. The molecule has 0 saturated heterocycles. The molecule has 1 aliphatic rings. The Morgan fingerprint density at radius 1 is 1.07 bits per heavy atom. The fourth-order valence-corrected chi connectivity index (χ4v) is 2.70. The van der Waals surface area contributed by atoms with Crippen molar-refractivity contribution in [2.75, 3.05) is 17.4 Å². The first-order valence-corrected chi connectivity index (χ1v) is 8.50. The van der Waals surface area contributed by atoms with E-state index in [-0.39, 0.29) is 18.4 Å². The molecule has 0 aliphatic carbocycles. The molecule has 0 atom stereocenters. The largest absolute Gasteiger partial charge is 0.454 e. The number of amides is 1. The fraction of sp³-hybridized carbons (Fsp3) is 0.150. The van der Waals surface area contributed by atoms with Crippen molar-refractivity contribution in [2.24, 2.45) is 0 Å². The molecule has 0 unspecified atom stereocenters. The normalized spacial score (nSPS) is 11.9. The topological polar surface area (TPSA) is 85.4 Å². The van der Waals surface area contributed by atoms with Crippen molar-refractivity contribution >= 4 is 17.4 Å². The zero-order valence-electron chi connectivity index (χ0n) is 14.7. The van der Waals surface area contributed by atoms with Crippen LogP contribution in [0.15, 0.2) is 54.9 Å². The van der Waals surface area contributed by atoms with Gasteiger partial charge in [0.25, 0.3) is 5.91 Å². The van der Waals surface area contributed by atoms with Crippen molar-refractivity contribution < 1.29 is 14.3 Å². The van der Waals surface area contributed by atoms with Gasteiger partial charge >= 0.3 is 0 Å². The van der Waals surface area contributed by atoms with E-state index in [4.69, 9.17) is 9.47 Å². The molecule has 3 aromatic rings. The first kappa shape index (κ1) is 16.8. The Hall–Kier alpha value is -3.61. The second-order valence-electron chi connectivity index (χ2n) is 6.15. The van der Waals surface area contributed by atoms with Gasteiger partial charge in [-0.05, 0) is 42.3 Å². The van der Waals surface area contributed by atoms with Crippen LogP contribution in [-0.4, -0.2) is 22.7 Å². The van der Waals surface area contributed by atoms with E-state index in [1.54, 1.807) is 0 Å². The monoisotopic (exact) mass is 362 g/mol. The molecule has 27 heavy (non-hydrogen) atoms. The van der Waals surface area contributed by atoms with Crippen LogP contribution in [0.25, 0.3) is 0 Å². The van der Waals surface area contributed by atoms with Crippen LogP contribution in [0.4, 0.5) is 11.5 Å². The van der Waals surface area contributed by atoms with E-state index in [1.807, 2.05) is 49.4 Å². The quantitative estimate of drug-likeness (QED) is 0.724. The minimum absolute atomic E-state index is 0.254. The van der Waals surface area contributed by atoms with E-state index >= 15 is 0 Å². The van der Waals surface area contributed by atoms with Crippen LogP contribution >= 0.6 is 0 Å². The number of benzene rings is 2. The number of nitrogens with zero attached hydrogens (tertiary/aromatic N) is 2. The molecule has 0 fully saturated rings. The summed E-state index contributed by atoms with van der Waals surface area (Å²) in [5.74, 6) is 1.78. The summed E-state index contributed by atoms with van der Waals surface area (Å²) in [6.07, 6.45) is 2.99. The molecule has 1 amide bonds. The Bertz CT molecular complexity index is 973. The highest BCUT2D eigenvalue weighted by Gasteiger charge is 2.13. The molecule has 4 rings (SSSR count). The smallest absolute Gasteiger partial charge is 0.275 e. The third kappa shape index (κ3) is 3.98. The van der Waals surface area contributed by atoms with E-state index < -0.39 is 0 Å². The molecule has 2 N–H and O–H groups in total. The first-order chi connectivity index (χ1) is 13.2. The lowest BCUT2D eigenvalue weighted by Crippen LogP contribution is -2.14. The highest BCUT2D eigenvalue weighted by molar-refractivity contribution is 6.02. The summed E-state index contributed by atoms with van der Waals surface area (Å²) in [6.45, 7) is 2.78. The number of carbonyl (C=O) groups excluding carboxylic acids is 1. The summed E-state index contributed by atoms with van der Waals surface area (Å²) in [6, 6.07) is 13.3. The standard InChI is InChI=1S/C20H18N4O3/c1-13-3-2-4-15(7-13)24-20(25)16-10-23-19(11-21-16)22-9-14-5-6-17-18(8-14)27-12-26-17/h2-8,10-11H,9,12H2,1H3,(H,22,23)(H,24,25). The Kier molecular flexibility index (Phi) is 4.57. The number of hydrogen-bond donors (Lipinski definition) is 2. The summed E-state index contributed by atoms with van der Waals surface area (Å²) in [5, 5.41) is 5.99. The molecule has 7 nitrogen and oxygen atoms in total. The van der Waals surface area contributed by atoms with E-state index in [2.05, 4.69) is 20.6 Å². The van der Waals surface area contributed by atoms with E-state index in [1.165, 1.54) is 12.4 Å². The minimum atomic E-state index is -0.296. The van der Waals surface area contributed by atoms with E-state index in [9.17, 15) is 4.79 Å². The number of aromatic nitrogens is 2. The number of aryl methyl sites for hydroxylation is 1. The lowest BCUT2D eigenvalue weighted by molar-refractivity contribution is 0.102. The van der Waals surface area contributed by atoms with Gasteiger partial charge in [0, 0.05) is 12.2 Å². The van der Waals surface area contributed by atoms with Crippen LogP contribution in [0, 0.1) is 6.92 Å². The first-order valence-electron chi connectivity index (χ1n) is 8.50. The predicted molar refractivity (Wildman–Crippen MR) is 101 cm³/mol. The second-order valence-corrected chi connectivity index (χ2v) is 6.15. The third-order valence-corrected chi connectivity index (χ3v) is 4.07. The lowest BCUT2D eigenvalue weighted by Gasteiger charge is -2.08. The molecule has 0 spiro atoms. The summed E-state index contributed by atoms with van der Waals surface area (Å²) >= 11 is 0. The van der Waals surface area contributed by atoms with Gasteiger partial charge in [-0.3, -0.25) is 4.79 Å². The van der Waals surface area contributed by atoms with Crippen LogP contribution in [0.5, 0.6) is 11.5 Å². The molecule has 1 aliphatic heterocycles. The maximum absolute atomic E-state index is 12.3. The van der Waals surface area contributed by atoms with Crippen LogP contribution < -0.4 is 20.1 Å². The predicted octanol–water partition coefficient (Wildman–Crippen LogP) is 3.38. The summed E-state index contributed by atoms with van der Waals surface area (Å²) in [5.41, 5.74) is 3.08. The van der Waals surface area contributed by atoms with Crippen LogP contribution in [0.1, 0.15) is 21.6 Å². The molecular weight excluding hydrogens is 344 g/mol. The van der Waals surface area contributed by atoms with Crippen molar-refractivity contribution in [2.45, 2.75) is 13.5 Å². The van der Waals surface area contributed by atoms with Gasteiger partial charge in [-0.1, -0.05) is 18.2 Å². The second kappa shape index (κ2) is 7.33. The molecular formula is C20H18N4O3. The highest BCUT2D eigenvalue weighted by Crippen LogP contribution is 2.32. The Labute approximate surface area is 156 Å². The van der Waals surface area contributed by atoms with Gasteiger partial charge in [0.2, 0.25) is 6.79 Å². The molecule has 0 radical (unpaired) electrons. The van der Waals surface area contributed by atoms with Crippen LogP contribution in [0.2, 0.25) is 0 Å². The maximum Gasteiger partial charge on any atom is 0.275 e. The Balaban J connectivity index is 1.36. The van der Waals surface area contributed by atoms with Gasteiger partial charge < -0.3 is 20.1 Å². The van der Waals surface area contributed by atoms with Gasteiger partial charge in [0.1, 0.15) is 11.5 Å². The number of fused-ring (bicyclic) bond motifs is 1. The summed E-state index contributed by atoms with van der Waals surface area (Å²) < 4.78 is 10.7. The van der Waals surface area contributed by atoms with Crippen molar-refractivity contribution in [3.05, 3.63) is 71.7 Å². The lowest BCUT2D eigenvalue weighted by atomic mass is 10.2. The molecule has 0 bridgehead atoms. The molecule has 1 aromatic heterocycles. The van der Waals surface area contributed by atoms with Gasteiger partial charge in [-0.2, -0.15) is 0 Å². The highest BCUT2D eigenvalue weighted by atomic mass is 16.7. The number of nitrogens with one attached hydrogen (secondary N) is 2. The summed E-state index contributed by atoms with van der Waals surface area (Å²) in [4.78, 5) is 20.7. The van der Waals surface area contributed by atoms with Crippen molar-refractivity contribution in [3.8, 4) is 11.5 Å². The van der Waals surface area contributed by atoms with E-state index in [0.29, 0.717) is 12.4 Å². The average molecular weight is 362 g/mol. The van der Waals surface area contributed by atoms with Crippen LogP contribution in [0.3, 0.4) is 0 Å². The Morgan fingerprint density at radius 2 is 1.96 bits per heavy atom. The SMILES string of the molecule is Cc1cccc(NC(=O)c2cnc(NCc3ccc4c(c3)OCO4)cn2)c1. The molecule has 136 valence electrons. The third-order valence-electron chi connectivity index (χ3n) is 4.07. The van der Waals surface area contributed by atoms with Gasteiger partial charge in [-0.15, -0.1) is 0 Å². The van der Waals surface area contributed by atoms with Crippen molar-refractivity contribution in [1.29, 1.82) is 0 Å². The number of ether oxygens (including phenoxy) is 2. The average Bonchev–Trinajstić information content (AvgIpc) is 3.14. The Morgan fingerprint density at radius 3 is 2.78 bits per heavy atom. The van der Waals surface area contributed by atoms with Gasteiger partial charge in [-0.25, -0.2) is 9.97 Å². The van der Waals surface area contributed by atoms with Gasteiger partial charge in [0.05, 0.1) is 12.4 Å². The number of anilines is 2. The minimum Gasteiger partial charge on any atom is -0.454 e. The number of hydrogen-bond acceptors (Lipinski definition) is 6. The van der Waals surface area contributed by atoms with Crippen LogP contribution in [-0.2, 0) is 6.54 Å². The van der Waals surface area contributed by atoms with Crippen molar-refractivity contribution in [1.82, 2.24) is 9.97 Å². The molecule has 2 heterocycles. The van der Waals surface area contributed by atoms with E-state index in [0.717, 1.165) is 28.3 Å². The van der Waals surface area contributed by atoms with Crippen molar-refractivity contribution in [3.63, 3.8) is 0 Å². The van der Waals surface area contributed by atoms with Gasteiger partial charge in [0.15, 0.2) is 11.5 Å².